The Morgan fingerprint density at radius 3 is 2.65 bits per heavy atom. The second-order valence-electron chi connectivity index (χ2n) is 4.85. The van der Waals surface area contributed by atoms with Gasteiger partial charge in [0.1, 0.15) is 0 Å². The molecule has 0 aliphatic carbocycles. The Bertz CT molecular complexity index is 305. The molecule has 0 saturated carbocycles. The number of nitrogens with zero attached hydrogens (tertiary/aromatic N) is 2. The van der Waals surface area contributed by atoms with Gasteiger partial charge in [0.2, 0.25) is 0 Å². The molecule has 0 aromatic carbocycles. The fraction of sp³-hybridized carbons (Fsp3) is 0.643. The van der Waals surface area contributed by atoms with Crippen molar-refractivity contribution in [2.45, 2.75) is 25.2 Å². The highest BCUT2D eigenvalue weighted by molar-refractivity contribution is 5.16. The van der Waals surface area contributed by atoms with E-state index in [0.717, 1.165) is 12.5 Å². The standard InChI is InChI=1S/C14H23N3/c1-15-7-2-10-17-11-5-14(6-12-17)13-3-8-16-9-4-13/h3-4,8-9,14-15H,2,5-7,10-12H2,1H3. The molecule has 3 nitrogen and oxygen atoms in total. The van der Waals surface area contributed by atoms with Crippen LogP contribution in [0.1, 0.15) is 30.7 Å². The van der Waals surface area contributed by atoms with Gasteiger partial charge in [-0.25, -0.2) is 0 Å². The molecule has 1 aliphatic heterocycles. The molecule has 94 valence electrons. The van der Waals surface area contributed by atoms with Gasteiger partial charge in [0, 0.05) is 12.4 Å². The summed E-state index contributed by atoms with van der Waals surface area (Å²) in [6.45, 7) is 4.86. The van der Waals surface area contributed by atoms with Crippen LogP contribution in [0.25, 0.3) is 0 Å². The first-order chi connectivity index (χ1) is 8.40. The van der Waals surface area contributed by atoms with Crippen molar-refractivity contribution >= 4 is 0 Å². The quantitative estimate of drug-likeness (QED) is 0.787. The normalized spacial score (nSPS) is 18.4. The summed E-state index contributed by atoms with van der Waals surface area (Å²) in [6, 6.07) is 4.34. The van der Waals surface area contributed by atoms with Gasteiger partial charge in [0.15, 0.2) is 0 Å². The highest BCUT2D eigenvalue weighted by Crippen LogP contribution is 2.27. The Kier molecular flexibility index (Phi) is 4.95. The molecule has 0 spiro atoms. The molecule has 2 heterocycles. The minimum absolute atomic E-state index is 0.749. The van der Waals surface area contributed by atoms with Crippen LogP contribution in [0.5, 0.6) is 0 Å². The molecule has 0 bridgehead atoms. The van der Waals surface area contributed by atoms with Gasteiger partial charge in [-0.3, -0.25) is 4.98 Å². The zero-order valence-electron chi connectivity index (χ0n) is 10.7. The van der Waals surface area contributed by atoms with Crippen LogP contribution in [0.15, 0.2) is 24.5 Å². The Morgan fingerprint density at radius 1 is 1.29 bits per heavy atom. The van der Waals surface area contributed by atoms with Gasteiger partial charge in [0.05, 0.1) is 0 Å². The van der Waals surface area contributed by atoms with Crippen molar-refractivity contribution in [1.82, 2.24) is 15.2 Å². The first-order valence-corrected chi connectivity index (χ1v) is 6.67. The summed E-state index contributed by atoms with van der Waals surface area (Å²) >= 11 is 0. The number of pyridine rings is 1. The van der Waals surface area contributed by atoms with Crippen LogP contribution in [0.2, 0.25) is 0 Å². The van der Waals surface area contributed by atoms with Crippen molar-refractivity contribution in [2.75, 3.05) is 33.2 Å². The number of rotatable bonds is 5. The molecule has 0 unspecified atom stereocenters. The molecule has 1 aromatic rings. The molecule has 1 fully saturated rings. The summed E-state index contributed by atoms with van der Waals surface area (Å²) in [5.41, 5.74) is 1.47. The summed E-state index contributed by atoms with van der Waals surface area (Å²) in [5, 5.41) is 3.21. The molecule has 3 heteroatoms. The average molecular weight is 233 g/mol. The second kappa shape index (κ2) is 6.72. The largest absolute Gasteiger partial charge is 0.320 e. The van der Waals surface area contributed by atoms with Crippen molar-refractivity contribution in [3.8, 4) is 0 Å². The Balaban J connectivity index is 1.74. The van der Waals surface area contributed by atoms with E-state index in [4.69, 9.17) is 0 Å². The van der Waals surface area contributed by atoms with E-state index < -0.39 is 0 Å². The SMILES string of the molecule is CNCCCN1CCC(c2ccncc2)CC1. The fourth-order valence-electron chi connectivity index (χ4n) is 2.60. The van der Waals surface area contributed by atoms with Gasteiger partial charge in [-0.2, -0.15) is 0 Å². The first kappa shape index (κ1) is 12.5. The van der Waals surface area contributed by atoms with Crippen LogP contribution in [-0.2, 0) is 0 Å². The van der Waals surface area contributed by atoms with E-state index in [1.54, 1.807) is 0 Å². The molecular formula is C14H23N3. The van der Waals surface area contributed by atoms with Crippen LogP contribution in [0.3, 0.4) is 0 Å². The number of piperidine rings is 1. The monoisotopic (exact) mass is 233 g/mol. The summed E-state index contributed by atoms with van der Waals surface area (Å²) in [7, 11) is 2.02. The van der Waals surface area contributed by atoms with Crippen LogP contribution in [0, 0.1) is 0 Å². The van der Waals surface area contributed by atoms with E-state index >= 15 is 0 Å². The maximum atomic E-state index is 4.09. The van der Waals surface area contributed by atoms with E-state index in [1.807, 2.05) is 19.4 Å². The molecule has 2 rings (SSSR count). The van der Waals surface area contributed by atoms with E-state index in [9.17, 15) is 0 Å². The summed E-state index contributed by atoms with van der Waals surface area (Å²) in [4.78, 5) is 6.68. The van der Waals surface area contributed by atoms with Crippen molar-refractivity contribution in [2.24, 2.45) is 0 Å². The van der Waals surface area contributed by atoms with Gasteiger partial charge >= 0.3 is 0 Å². The van der Waals surface area contributed by atoms with Crippen molar-refractivity contribution in [1.29, 1.82) is 0 Å². The minimum atomic E-state index is 0.749. The lowest BCUT2D eigenvalue weighted by molar-refractivity contribution is 0.210. The summed E-state index contributed by atoms with van der Waals surface area (Å²) < 4.78 is 0. The molecule has 1 aromatic heterocycles. The first-order valence-electron chi connectivity index (χ1n) is 6.67. The smallest absolute Gasteiger partial charge is 0.0270 e. The van der Waals surface area contributed by atoms with Gasteiger partial charge in [0.25, 0.3) is 0 Å². The van der Waals surface area contributed by atoms with E-state index in [0.29, 0.717) is 0 Å². The van der Waals surface area contributed by atoms with E-state index in [-0.39, 0.29) is 0 Å². The van der Waals surface area contributed by atoms with Crippen LogP contribution >= 0.6 is 0 Å². The van der Waals surface area contributed by atoms with Crippen molar-refractivity contribution in [3.05, 3.63) is 30.1 Å². The zero-order valence-corrected chi connectivity index (χ0v) is 10.7. The molecule has 1 N–H and O–H groups in total. The number of hydrogen-bond acceptors (Lipinski definition) is 3. The van der Waals surface area contributed by atoms with E-state index in [2.05, 4.69) is 27.3 Å². The highest BCUT2D eigenvalue weighted by Gasteiger charge is 2.19. The molecule has 1 aliphatic rings. The predicted molar refractivity (Wildman–Crippen MR) is 71.2 cm³/mol. The number of aromatic nitrogens is 1. The average Bonchev–Trinajstić information content (AvgIpc) is 2.41. The van der Waals surface area contributed by atoms with Crippen LogP contribution in [-0.4, -0.2) is 43.1 Å². The maximum Gasteiger partial charge on any atom is 0.0270 e. The Labute approximate surface area is 104 Å². The van der Waals surface area contributed by atoms with Gasteiger partial charge in [-0.05, 0) is 76.1 Å². The molecule has 1 saturated heterocycles. The summed E-state index contributed by atoms with van der Waals surface area (Å²) in [5.74, 6) is 0.749. The Hall–Kier alpha value is -0.930. The lowest BCUT2D eigenvalue weighted by atomic mass is 9.90. The molecule has 17 heavy (non-hydrogen) atoms. The van der Waals surface area contributed by atoms with Crippen LogP contribution in [0.4, 0.5) is 0 Å². The lowest BCUT2D eigenvalue weighted by Crippen LogP contribution is -2.34. The summed E-state index contributed by atoms with van der Waals surface area (Å²) in [6.07, 6.45) is 7.67. The third-order valence-electron chi connectivity index (χ3n) is 3.67. The van der Waals surface area contributed by atoms with E-state index in [1.165, 1.54) is 44.5 Å². The number of hydrogen-bond donors (Lipinski definition) is 1. The fourth-order valence-corrected chi connectivity index (χ4v) is 2.60. The third kappa shape index (κ3) is 3.79. The maximum absolute atomic E-state index is 4.09. The van der Waals surface area contributed by atoms with Crippen molar-refractivity contribution < 1.29 is 0 Å². The van der Waals surface area contributed by atoms with Gasteiger partial charge < -0.3 is 10.2 Å². The number of nitrogens with one attached hydrogen (secondary N) is 1. The predicted octanol–water partition coefficient (Wildman–Crippen LogP) is 1.87. The molecular weight excluding hydrogens is 210 g/mol. The van der Waals surface area contributed by atoms with Crippen molar-refractivity contribution in [3.63, 3.8) is 0 Å². The zero-order chi connectivity index (χ0) is 11.9. The molecule has 0 radical (unpaired) electrons. The topological polar surface area (TPSA) is 28.2 Å². The molecule has 0 amide bonds. The third-order valence-corrected chi connectivity index (χ3v) is 3.67. The van der Waals surface area contributed by atoms with Crippen LogP contribution < -0.4 is 5.32 Å². The highest BCUT2D eigenvalue weighted by atomic mass is 15.1. The van der Waals surface area contributed by atoms with Gasteiger partial charge in [-0.1, -0.05) is 0 Å². The Morgan fingerprint density at radius 2 is 2.00 bits per heavy atom. The lowest BCUT2D eigenvalue weighted by Gasteiger charge is -2.32. The minimum Gasteiger partial charge on any atom is -0.320 e. The second-order valence-corrected chi connectivity index (χ2v) is 4.85. The molecule has 0 atom stereocenters. The van der Waals surface area contributed by atoms with Gasteiger partial charge in [-0.15, -0.1) is 0 Å². The number of likely N-dealkylation sites (tertiary alicyclic amines) is 1.